The van der Waals surface area contributed by atoms with Crippen LogP contribution in [0, 0.1) is 0 Å². The summed E-state index contributed by atoms with van der Waals surface area (Å²) in [4.78, 5) is 17.7. The minimum atomic E-state index is 0.206. The summed E-state index contributed by atoms with van der Waals surface area (Å²) in [5.74, 6) is 0.685. The number of thioether (sulfide) groups is 1. The van der Waals surface area contributed by atoms with Crippen LogP contribution in [0.4, 0.5) is 5.69 Å². The van der Waals surface area contributed by atoms with Gasteiger partial charge in [0, 0.05) is 41.8 Å². The number of para-hydroxylation sites is 1. The van der Waals surface area contributed by atoms with Crippen LogP contribution in [0.3, 0.4) is 0 Å². The number of nitrogens with zero attached hydrogens (tertiary/aromatic N) is 2. The van der Waals surface area contributed by atoms with E-state index in [-0.39, 0.29) is 5.91 Å². The fourth-order valence-corrected chi connectivity index (χ4v) is 3.55. The number of hydrogen-bond donors (Lipinski definition) is 0. The summed E-state index contributed by atoms with van der Waals surface area (Å²) < 4.78 is 0. The second-order valence-corrected chi connectivity index (χ2v) is 6.93. The fraction of sp³-hybridized carbons (Fsp3) is 0.278. The third-order valence-electron chi connectivity index (χ3n) is 3.93. The molecule has 0 aromatic heterocycles. The number of anilines is 1. The molecule has 0 spiro atoms. The van der Waals surface area contributed by atoms with Gasteiger partial charge in [-0.15, -0.1) is 11.8 Å². The minimum Gasteiger partial charge on any atom is -0.368 e. The standard InChI is InChI=1S/C18H19ClN2OS/c19-15-6-8-17(9-7-15)23-14-18(22)21-12-10-20(11-13-21)16-4-2-1-3-5-16/h1-9H,10-14H2. The molecule has 0 unspecified atom stereocenters. The molecule has 5 heteroatoms. The maximum absolute atomic E-state index is 12.3. The molecule has 23 heavy (non-hydrogen) atoms. The van der Waals surface area contributed by atoms with E-state index < -0.39 is 0 Å². The van der Waals surface area contributed by atoms with Gasteiger partial charge in [0.1, 0.15) is 0 Å². The number of halogens is 1. The Kier molecular flexibility index (Phi) is 5.47. The van der Waals surface area contributed by atoms with E-state index in [0.29, 0.717) is 5.75 Å². The van der Waals surface area contributed by atoms with E-state index in [9.17, 15) is 4.79 Å². The van der Waals surface area contributed by atoms with Gasteiger partial charge in [-0.1, -0.05) is 29.8 Å². The molecule has 1 saturated heterocycles. The quantitative estimate of drug-likeness (QED) is 0.787. The van der Waals surface area contributed by atoms with Crippen molar-refractivity contribution in [2.75, 3.05) is 36.8 Å². The number of carbonyl (C=O) groups is 1. The predicted octanol–water partition coefficient (Wildman–Crippen LogP) is 3.78. The first-order chi connectivity index (χ1) is 11.2. The molecular weight excluding hydrogens is 328 g/mol. The highest BCUT2D eigenvalue weighted by molar-refractivity contribution is 8.00. The zero-order chi connectivity index (χ0) is 16.1. The molecule has 0 radical (unpaired) electrons. The van der Waals surface area contributed by atoms with E-state index in [2.05, 4.69) is 29.2 Å². The van der Waals surface area contributed by atoms with Gasteiger partial charge < -0.3 is 9.80 Å². The smallest absolute Gasteiger partial charge is 0.233 e. The van der Waals surface area contributed by atoms with Gasteiger partial charge in [0.05, 0.1) is 5.75 Å². The van der Waals surface area contributed by atoms with Gasteiger partial charge in [-0.2, -0.15) is 0 Å². The maximum Gasteiger partial charge on any atom is 0.233 e. The van der Waals surface area contributed by atoms with Crippen LogP contribution in [-0.2, 0) is 4.79 Å². The Bertz CT molecular complexity index is 640. The van der Waals surface area contributed by atoms with Gasteiger partial charge in [-0.25, -0.2) is 0 Å². The van der Waals surface area contributed by atoms with Gasteiger partial charge in [-0.05, 0) is 36.4 Å². The van der Waals surface area contributed by atoms with Crippen LogP contribution in [0.25, 0.3) is 0 Å². The second kappa shape index (κ2) is 7.75. The molecule has 1 fully saturated rings. The summed E-state index contributed by atoms with van der Waals surface area (Å²) in [7, 11) is 0. The lowest BCUT2D eigenvalue weighted by Crippen LogP contribution is -2.49. The van der Waals surface area contributed by atoms with Crippen LogP contribution in [0.1, 0.15) is 0 Å². The van der Waals surface area contributed by atoms with Crippen molar-refractivity contribution >= 4 is 35.0 Å². The van der Waals surface area contributed by atoms with Gasteiger partial charge in [0.15, 0.2) is 0 Å². The van der Waals surface area contributed by atoms with Crippen molar-refractivity contribution in [3.05, 3.63) is 59.6 Å². The van der Waals surface area contributed by atoms with Crippen molar-refractivity contribution in [1.82, 2.24) is 4.90 Å². The third-order valence-corrected chi connectivity index (χ3v) is 5.18. The summed E-state index contributed by atoms with van der Waals surface area (Å²) >= 11 is 7.44. The molecule has 0 aliphatic carbocycles. The van der Waals surface area contributed by atoms with Crippen molar-refractivity contribution in [3.8, 4) is 0 Å². The maximum atomic E-state index is 12.3. The van der Waals surface area contributed by atoms with Crippen LogP contribution in [0.5, 0.6) is 0 Å². The normalized spacial score (nSPS) is 14.8. The van der Waals surface area contributed by atoms with Crippen molar-refractivity contribution in [3.63, 3.8) is 0 Å². The Balaban J connectivity index is 1.47. The SMILES string of the molecule is O=C(CSc1ccc(Cl)cc1)N1CCN(c2ccccc2)CC1. The highest BCUT2D eigenvalue weighted by atomic mass is 35.5. The summed E-state index contributed by atoms with van der Waals surface area (Å²) in [6.45, 7) is 3.35. The van der Waals surface area contributed by atoms with E-state index in [4.69, 9.17) is 11.6 Å². The van der Waals surface area contributed by atoms with Gasteiger partial charge in [-0.3, -0.25) is 4.79 Å². The van der Waals surface area contributed by atoms with Gasteiger partial charge >= 0.3 is 0 Å². The molecular formula is C18H19ClN2OS. The zero-order valence-electron chi connectivity index (χ0n) is 12.8. The summed E-state index contributed by atoms with van der Waals surface area (Å²) in [5.41, 5.74) is 1.23. The van der Waals surface area contributed by atoms with Crippen LogP contribution >= 0.6 is 23.4 Å². The Labute approximate surface area is 146 Å². The van der Waals surface area contributed by atoms with E-state index in [1.54, 1.807) is 11.8 Å². The van der Waals surface area contributed by atoms with Crippen molar-refractivity contribution in [2.45, 2.75) is 4.90 Å². The van der Waals surface area contributed by atoms with Crippen LogP contribution in [0.15, 0.2) is 59.5 Å². The minimum absolute atomic E-state index is 0.206. The Morgan fingerprint density at radius 3 is 2.26 bits per heavy atom. The average Bonchev–Trinajstić information content (AvgIpc) is 2.62. The zero-order valence-corrected chi connectivity index (χ0v) is 14.4. The van der Waals surface area contributed by atoms with Crippen LogP contribution < -0.4 is 4.90 Å². The average molecular weight is 347 g/mol. The Hall–Kier alpha value is -1.65. The molecule has 3 rings (SSSR count). The van der Waals surface area contributed by atoms with E-state index >= 15 is 0 Å². The Morgan fingerprint density at radius 1 is 0.957 bits per heavy atom. The van der Waals surface area contributed by atoms with Crippen molar-refractivity contribution in [1.29, 1.82) is 0 Å². The number of hydrogen-bond acceptors (Lipinski definition) is 3. The lowest BCUT2D eigenvalue weighted by atomic mass is 10.2. The van der Waals surface area contributed by atoms with Crippen LogP contribution in [0.2, 0.25) is 5.02 Å². The first-order valence-corrected chi connectivity index (χ1v) is 9.05. The predicted molar refractivity (Wildman–Crippen MR) is 97.4 cm³/mol. The van der Waals surface area contributed by atoms with Gasteiger partial charge in [0.2, 0.25) is 5.91 Å². The number of benzene rings is 2. The number of amides is 1. The largest absolute Gasteiger partial charge is 0.368 e. The van der Waals surface area contributed by atoms with E-state index in [1.807, 2.05) is 35.2 Å². The third kappa shape index (κ3) is 4.43. The van der Waals surface area contributed by atoms with E-state index in [1.165, 1.54) is 5.69 Å². The summed E-state index contributed by atoms with van der Waals surface area (Å²) in [6, 6.07) is 18.0. The molecule has 2 aromatic carbocycles. The topological polar surface area (TPSA) is 23.6 Å². The van der Waals surface area contributed by atoms with E-state index in [0.717, 1.165) is 36.1 Å². The molecule has 1 amide bonds. The Morgan fingerprint density at radius 2 is 1.61 bits per heavy atom. The monoisotopic (exact) mass is 346 g/mol. The molecule has 0 saturated carbocycles. The molecule has 0 N–H and O–H groups in total. The fourth-order valence-electron chi connectivity index (χ4n) is 2.62. The molecule has 1 aliphatic rings. The molecule has 1 aliphatic heterocycles. The van der Waals surface area contributed by atoms with Gasteiger partial charge in [0.25, 0.3) is 0 Å². The first kappa shape index (κ1) is 16.2. The lowest BCUT2D eigenvalue weighted by molar-refractivity contribution is -0.128. The lowest BCUT2D eigenvalue weighted by Gasteiger charge is -2.36. The second-order valence-electron chi connectivity index (χ2n) is 5.45. The first-order valence-electron chi connectivity index (χ1n) is 7.68. The number of rotatable bonds is 4. The molecule has 0 atom stereocenters. The molecule has 3 nitrogen and oxygen atoms in total. The highest BCUT2D eigenvalue weighted by Crippen LogP contribution is 2.21. The summed E-state index contributed by atoms with van der Waals surface area (Å²) in [5, 5.41) is 0.720. The molecule has 2 aromatic rings. The highest BCUT2D eigenvalue weighted by Gasteiger charge is 2.21. The number of carbonyl (C=O) groups excluding carboxylic acids is 1. The number of piperazine rings is 1. The molecule has 1 heterocycles. The molecule has 0 bridgehead atoms. The van der Waals surface area contributed by atoms with Crippen LogP contribution in [-0.4, -0.2) is 42.7 Å². The molecule has 120 valence electrons. The van der Waals surface area contributed by atoms with Crippen molar-refractivity contribution < 1.29 is 4.79 Å². The van der Waals surface area contributed by atoms with Crippen molar-refractivity contribution in [2.24, 2.45) is 0 Å². The summed E-state index contributed by atoms with van der Waals surface area (Å²) in [6.07, 6.45) is 0.